The predicted octanol–water partition coefficient (Wildman–Crippen LogP) is 3.51. The summed E-state index contributed by atoms with van der Waals surface area (Å²) in [7, 11) is 2.05. The number of likely N-dealkylation sites (tertiary alicyclic amines) is 1. The fraction of sp³-hybridized carbons (Fsp3) is 0.786. The standard InChI is InChI=1S/C14H24BrN3/c1-5-12-14(15)13(17(4)16-12)9-18-10(2)7-6-8-11(18)3/h10-11H,5-9H2,1-4H3/t10-,11+. The van der Waals surface area contributed by atoms with Crippen molar-refractivity contribution in [2.24, 2.45) is 7.05 Å². The van der Waals surface area contributed by atoms with Crippen molar-refractivity contribution in [3.8, 4) is 0 Å². The third-order valence-electron chi connectivity index (χ3n) is 4.21. The van der Waals surface area contributed by atoms with Gasteiger partial charge in [-0.2, -0.15) is 5.10 Å². The molecule has 0 aliphatic carbocycles. The summed E-state index contributed by atoms with van der Waals surface area (Å²) in [6.45, 7) is 7.86. The van der Waals surface area contributed by atoms with Crippen LogP contribution in [0.4, 0.5) is 0 Å². The third kappa shape index (κ3) is 2.64. The van der Waals surface area contributed by atoms with Gasteiger partial charge in [-0.25, -0.2) is 0 Å². The van der Waals surface area contributed by atoms with Gasteiger partial charge in [-0.05, 0) is 49.0 Å². The molecule has 0 spiro atoms. The number of rotatable bonds is 3. The molecule has 0 bridgehead atoms. The average molecular weight is 314 g/mol. The first-order chi connectivity index (χ1) is 8.54. The summed E-state index contributed by atoms with van der Waals surface area (Å²) >= 11 is 3.72. The maximum absolute atomic E-state index is 4.59. The molecule has 102 valence electrons. The molecule has 0 saturated carbocycles. The number of aryl methyl sites for hydroxylation is 2. The Labute approximate surface area is 119 Å². The largest absolute Gasteiger partial charge is 0.292 e. The predicted molar refractivity (Wildman–Crippen MR) is 78.6 cm³/mol. The quantitative estimate of drug-likeness (QED) is 0.851. The van der Waals surface area contributed by atoms with E-state index in [1.807, 2.05) is 4.68 Å². The molecular formula is C14H24BrN3. The molecule has 0 radical (unpaired) electrons. The number of piperidine rings is 1. The second-order valence-electron chi connectivity index (χ2n) is 5.49. The lowest BCUT2D eigenvalue weighted by Gasteiger charge is -2.39. The molecule has 1 aliphatic rings. The Morgan fingerprint density at radius 3 is 2.39 bits per heavy atom. The first-order valence-corrected chi connectivity index (χ1v) is 7.79. The zero-order valence-electron chi connectivity index (χ0n) is 11.9. The Hall–Kier alpha value is -0.350. The number of hydrogen-bond acceptors (Lipinski definition) is 2. The summed E-state index contributed by atoms with van der Waals surface area (Å²) in [5.74, 6) is 0. The van der Waals surface area contributed by atoms with Crippen LogP contribution >= 0.6 is 15.9 Å². The summed E-state index contributed by atoms with van der Waals surface area (Å²) in [5.41, 5.74) is 2.48. The molecule has 2 rings (SSSR count). The average Bonchev–Trinajstić information content (AvgIpc) is 2.60. The molecule has 2 atom stereocenters. The van der Waals surface area contributed by atoms with Crippen LogP contribution in [0.5, 0.6) is 0 Å². The number of halogens is 1. The van der Waals surface area contributed by atoms with Crippen molar-refractivity contribution >= 4 is 15.9 Å². The molecule has 1 aromatic heterocycles. The lowest BCUT2D eigenvalue weighted by Crippen LogP contribution is -2.43. The van der Waals surface area contributed by atoms with E-state index < -0.39 is 0 Å². The van der Waals surface area contributed by atoms with E-state index in [2.05, 4.69) is 53.7 Å². The Kier molecular flexibility index (Phi) is 4.49. The van der Waals surface area contributed by atoms with Crippen LogP contribution < -0.4 is 0 Å². The monoisotopic (exact) mass is 313 g/mol. The minimum absolute atomic E-state index is 0.681. The van der Waals surface area contributed by atoms with Gasteiger partial charge in [0, 0.05) is 25.7 Å². The molecule has 1 saturated heterocycles. The first kappa shape index (κ1) is 14.1. The topological polar surface area (TPSA) is 21.1 Å². The van der Waals surface area contributed by atoms with Gasteiger partial charge in [-0.3, -0.25) is 9.58 Å². The second-order valence-corrected chi connectivity index (χ2v) is 6.28. The normalized spacial score (nSPS) is 25.6. The smallest absolute Gasteiger partial charge is 0.0767 e. The van der Waals surface area contributed by atoms with Gasteiger partial charge in [0.25, 0.3) is 0 Å². The van der Waals surface area contributed by atoms with Crippen molar-refractivity contribution < 1.29 is 0 Å². The van der Waals surface area contributed by atoms with Crippen molar-refractivity contribution in [1.82, 2.24) is 14.7 Å². The minimum atomic E-state index is 0.681. The molecule has 2 heterocycles. The molecule has 18 heavy (non-hydrogen) atoms. The van der Waals surface area contributed by atoms with E-state index in [0.717, 1.165) is 13.0 Å². The van der Waals surface area contributed by atoms with E-state index in [0.29, 0.717) is 12.1 Å². The highest BCUT2D eigenvalue weighted by atomic mass is 79.9. The number of hydrogen-bond donors (Lipinski definition) is 0. The first-order valence-electron chi connectivity index (χ1n) is 7.00. The number of nitrogens with zero attached hydrogens (tertiary/aromatic N) is 3. The SMILES string of the molecule is CCc1nn(C)c(CN2[C@H](C)CCC[C@@H]2C)c1Br. The van der Waals surface area contributed by atoms with E-state index in [4.69, 9.17) is 0 Å². The summed E-state index contributed by atoms with van der Waals surface area (Å²) in [4.78, 5) is 2.62. The fourth-order valence-corrected chi connectivity index (χ4v) is 3.69. The van der Waals surface area contributed by atoms with Crippen molar-refractivity contribution in [2.45, 2.75) is 65.1 Å². The van der Waals surface area contributed by atoms with Crippen LogP contribution in [-0.2, 0) is 20.0 Å². The maximum Gasteiger partial charge on any atom is 0.0767 e. The Morgan fingerprint density at radius 2 is 1.89 bits per heavy atom. The second kappa shape index (κ2) is 5.74. The van der Waals surface area contributed by atoms with Crippen molar-refractivity contribution in [3.63, 3.8) is 0 Å². The highest BCUT2D eigenvalue weighted by Gasteiger charge is 2.26. The van der Waals surface area contributed by atoms with Crippen LogP contribution in [0.25, 0.3) is 0 Å². The Balaban J connectivity index is 2.20. The van der Waals surface area contributed by atoms with Gasteiger partial charge in [0.1, 0.15) is 0 Å². The van der Waals surface area contributed by atoms with Gasteiger partial charge >= 0.3 is 0 Å². The van der Waals surface area contributed by atoms with Gasteiger partial charge in [0.05, 0.1) is 15.9 Å². The number of aromatic nitrogens is 2. The molecule has 1 fully saturated rings. The van der Waals surface area contributed by atoms with Crippen LogP contribution in [-0.4, -0.2) is 26.8 Å². The van der Waals surface area contributed by atoms with Crippen LogP contribution in [0, 0.1) is 0 Å². The zero-order chi connectivity index (χ0) is 13.3. The van der Waals surface area contributed by atoms with Crippen molar-refractivity contribution in [2.75, 3.05) is 0 Å². The van der Waals surface area contributed by atoms with Crippen LogP contribution in [0.2, 0.25) is 0 Å². The zero-order valence-corrected chi connectivity index (χ0v) is 13.5. The van der Waals surface area contributed by atoms with Crippen LogP contribution in [0.3, 0.4) is 0 Å². The van der Waals surface area contributed by atoms with Gasteiger partial charge in [0.15, 0.2) is 0 Å². The molecular weight excluding hydrogens is 290 g/mol. The van der Waals surface area contributed by atoms with E-state index >= 15 is 0 Å². The Bertz CT molecular complexity index is 403. The lowest BCUT2D eigenvalue weighted by atomic mass is 9.97. The molecule has 3 nitrogen and oxygen atoms in total. The van der Waals surface area contributed by atoms with E-state index in [1.165, 1.54) is 35.1 Å². The van der Waals surface area contributed by atoms with Gasteiger partial charge < -0.3 is 0 Å². The van der Waals surface area contributed by atoms with Gasteiger partial charge in [-0.15, -0.1) is 0 Å². The van der Waals surface area contributed by atoms with E-state index in [9.17, 15) is 0 Å². The van der Waals surface area contributed by atoms with Crippen LogP contribution in [0.1, 0.15) is 51.4 Å². The molecule has 0 aromatic carbocycles. The summed E-state index contributed by atoms with van der Waals surface area (Å²) < 4.78 is 3.24. The molecule has 0 amide bonds. The molecule has 4 heteroatoms. The van der Waals surface area contributed by atoms with Crippen molar-refractivity contribution in [3.05, 3.63) is 15.9 Å². The van der Waals surface area contributed by atoms with Crippen LogP contribution in [0.15, 0.2) is 4.47 Å². The van der Waals surface area contributed by atoms with Crippen molar-refractivity contribution in [1.29, 1.82) is 0 Å². The lowest BCUT2D eigenvalue weighted by molar-refractivity contribution is 0.0922. The highest BCUT2D eigenvalue weighted by Crippen LogP contribution is 2.28. The summed E-state index contributed by atoms with van der Waals surface area (Å²) in [6.07, 6.45) is 4.99. The summed E-state index contributed by atoms with van der Waals surface area (Å²) in [6, 6.07) is 1.36. The highest BCUT2D eigenvalue weighted by molar-refractivity contribution is 9.10. The van der Waals surface area contributed by atoms with Gasteiger partial charge in [-0.1, -0.05) is 13.3 Å². The summed E-state index contributed by atoms with van der Waals surface area (Å²) in [5, 5.41) is 4.59. The maximum atomic E-state index is 4.59. The molecule has 0 unspecified atom stereocenters. The fourth-order valence-electron chi connectivity index (χ4n) is 2.95. The van der Waals surface area contributed by atoms with E-state index in [-0.39, 0.29) is 0 Å². The van der Waals surface area contributed by atoms with Gasteiger partial charge in [0.2, 0.25) is 0 Å². The third-order valence-corrected chi connectivity index (χ3v) is 5.13. The molecule has 1 aromatic rings. The molecule has 1 aliphatic heterocycles. The van der Waals surface area contributed by atoms with E-state index in [1.54, 1.807) is 0 Å². The molecule has 0 N–H and O–H groups in total. The minimum Gasteiger partial charge on any atom is -0.292 e. The Morgan fingerprint density at radius 1 is 1.28 bits per heavy atom.